The number of aromatic nitrogens is 1. The molecular weight excluding hydrogens is 206 g/mol. The molecule has 0 saturated carbocycles. The third-order valence-corrected chi connectivity index (χ3v) is 1.84. The number of nitrogens with zero attached hydrogens (tertiary/aromatic N) is 1. The summed E-state index contributed by atoms with van der Waals surface area (Å²) >= 11 is 0. The van der Waals surface area contributed by atoms with Crippen molar-refractivity contribution >= 4 is 11.7 Å². The molecule has 0 spiro atoms. The maximum absolute atomic E-state index is 11.6. The number of ether oxygens (including phenoxy) is 1. The van der Waals surface area contributed by atoms with E-state index in [0.29, 0.717) is 24.7 Å². The minimum Gasteiger partial charge on any atom is -0.384 e. The molecule has 0 aliphatic heterocycles. The average molecular weight is 223 g/mol. The number of hydrogen-bond donors (Lipinski definition) is 2. The zero-order valence-electron chi connectivity index (χ0n) is 9.56. The molecule has 5 nitrogen and oxygen atoms in total. The summed E-state index contributed by atoms with van der Waals surface area (Å²) in [7, 11) is 0. The average Bonchev–Trinajstić information content (AvgIpc) is 2.24. The van der Waals surface area contributed by atoms with E-state index in [2.05, 4.69) is 10.3 Å². The Morgan fingerprint density at radius 2 is 2.31 bits per heavy atom. The molecule has 88 valence electrons. The highest BCUT2D eigenvalue weighted by molar-refractivity contribution is 5.92. The molecule has 0 bridgehead atoms. The van der Waals surface area contributed by atoms with Gasteiger partial charge in [0.2, 0.25) is 0 Å². The van der Waals surface area contributed by atoms with Crippen molar-refractivity contribution in [3.05, 3.63) is 23.9 Å². The first kappa shape index (κ1) is 12.4. The first-order valence-corrected chi connectivity index (χ1v) is 5.22. The van der Waals surface area contributed by atoms with Crippen molar-refractivity contribution < 1.29 is 9.53 Å². The van der Waals surface area contributed by atoms with Gasteiger partial charge in [-0.15, -0.1) is 0 Å². The van der Waals surface area contributed by atoms with Crippen LogP contribution in [-0.4, -0.2) is 30.1 Å². The largest absolute Gasteiger partial charge is 0.384 e. The summed E-state index contributed by atoms with van der Waals surface area (Å²) in [6, 6.07) is 4.95. The van der Waals surface area contributed by atoms with Gasteiger partial charge in [0, 0.05) is 6.54 Å². The van der Waals surface area contributed by atoms with Crippen LogP contribution < -0.4 is 11.1 Å². The van der Waals surface area contributed by atoms with E-state index in [1.165, 1.54) is 0 Å². The second-order valence-electron chi connectivity index (χ2n) is 3.62. The van der Waals surface area contributed by atoms with Crippen LogP contribution in [0.25, 0.3) is 0 Å². The van der Waals surface area contributed by atoms with Gasteiger partial charge in [-0.05, 0) is 26.0 Å². The number of carbonyl (C=O) groups is 1. The highest BCUT2D eigenvalue weighted by atomic mass is 16.5. The van der Waals surface area contributed by atoms with Crippen LogP contribution in [0.3, 0.4) is 0 Å². The lowest BCUT2D eigenvalue weighted by atomic mass is 10.3. The summed E-state index contributed by atoms with van der Waals surface area (Å²) in [5.41, 5.74) is 5.80. The zero-order valence-corrected chi connectivity index (χ0v) is 9.56. The van der Waals surface area contributed by atoms with Gasteiger partial charge in [0.1, 0.15) is 11.5 Å². The summed E-state index contributed by atoms with van der Waals surface area (Å²) in [6.45, 7) is 4.85. The first-order chi connectivity index (χ1) is 7.59. The summed E-state index contributed by atoms with van der Waals surface area (Å²) in [6.07, 6.45) is 0.169. The number of nitrogens with one attached hydrogen (secondary N) is 1. The molecule has 0 fully saturated rings. The molecule has 1 aromatic rings. The van der Waals surface area contributed by atoms with E-state index >= 15 is 0 Å². The Morgan fingerprint density at radius 3 is 2.94 bits per heavy atom. The Hall–Kier alpha value is -1.62. The lowest BCUT2D eigenvalue weighted by Crippen LogP contribution is -2.28. The third kappa shape index (κ3) is 4.27. The molecule has 1 amide bonds. The number of nitrogen functional groups attached to an aromatic ring is 1. The number of pyridine rings is 1. The van der Waals surface area contributed by atoms with Crippen molar-refractivity contribution in [1.82, 2.24) is 10.3 Å². The Labute approximate surface area is 95.0 Å². The van der Waals surface area contributed by atoms with Gasteiger partial charge in [0.15, 0.2) is 0 Å². The van der Waals surface area contributed by atoms with E-state index in [9.17, 15) is 4.79 Å². The normalized spacial score (nSPS) is 10.4. The second-order valence-corrected chi connectivity index (χ2v) is 3.62. The number of nitrogens with two attached hydrogens (primary N) is 1. The number of anilines is 1. The molecule has 0 radical (unpaired) electrons. The predicted octanol–water partition coefficient (Wildman–Crippen LogP) is 0.819. The molecule has 1 rings (SSSR count). The Bertz CT molecular complexity index is 353. The molecule has 0 aliphatic carbocycles. The van der Waals surface area contributed by atoms with Gasteiger partial charge in [-0.1, -0.05) is 6.07 Å². The SMILES string of the molecule is CC(C)OCCNC(=O)c1cccc(N)n1. The van der Waals surface area contributed by atoms with E-state index in [-0.39, 0.29) is 12.0 Å². The van der Waals surface area contributed by atoms with Crippen LogP contribution in [0.5, 0.6) is 0 Å². The van der Waals surface area contributed by atoms with Crippen molar-refractivity contribution in [2.75, 3.05) is 18.9 Å². The van der Waals surface area contributed by atoms with E-state index in [1.54, 1.807) is 18.2 Å². The lowest BCUT2D eigenvalue weighted by molar-refractivity contribution is 0.0745. The van der Waals surface area contributed by atoms with Crippen LogP contribution in [0.4, 0.5) is 5.82 Å². The zero-order chi connectivity index (χ0) is 12.0. The minimum atomic E-state index is -0.236. The highest BCUT2D eigenvalue weighted by Crippen LogP contribution is 1.99. The molecule has 16 heavy (non-hydrogen) atoms. The van der Waals surface area contributed by atoms with E-state index in [4.69, 9.17) is 10.5 Å². The summed E-state index contributed by atoms with van der Waals surface area (Å²) < 4.78 is 5.29. The van der Waals surface area contributed by atoms with Crippen LogP contribution >= 0.6 is 0 Å². The number of rotatable bonds is 5. The molecule has 0 aliphatic rings. The van der Waals surface area contributed by atoms with E-state index < -0.39 is 0 Å². The van der Waals surface area contributed by atoms with Gasteiger partial charge < -0.3 is 15.8 Å². The number of hydrogen-bond acceptors (Lipinski definition) is 4. The molecular formula is C11H17N3O2. The van der Waals surface area contributed by atoms with Crippen LogP contribution in [0.2, 0.25) is 0 Å². The smallest absolute Gasteiger partial charge is 0.270 e. The fraction of sp³-hybridized carbons (Fsp3) is 0.455. The van der Waals surface area contributed by atoms with Crippen molar-refractivity contribution in [3.63, 3.8) is 0 Å². The fourth-order valence-corrected chi connectivity index (χ4v) is 1.13. The molecule has 0 saturated heterocycles. The second kappa shape index (κ2) is 6.07. The van der Waals surface area contributed by atoms with Gasteiger partial charge in [-0.3, -0.25) is 4.79 Å². The molecule has 1 aromatic heterocycles. The van der Waals surface area contributed by atoms with Crippen LogP contribution in [0, 0.1) is 0 Å². The summed E-state index contributed by atoms with van der Waals surface area (Å²) in [5, 5.41) is 2.70. The topological polar surface area (TPSA) is 77.2 Å². The Kier molecular flexibility index (Phi) is 4.72. The molecule has 5 heteroatoms. The van der Waals surface area contributed by atoms with Crippen molar-refractivity contribution in [2.24, 2.45) is 0 Å². The van der Waals surface area contributed by atoms with Crippen molar-refractivity contribution in [1.29, 1.82) is 0 Å². The quantitative estimate of drug-likeness (QED) is 0.724. The molecule has 0 atom stereocenters. The van der Waals surface area contributed by atoms with Gasteiger partial charge >= 0.3 is 0 Å². The van der Waals surface area contributed by atoms with Gasteiger partial charge in [0.25, 0.3) is 5.91 Å². The van der Waals surface area contributed by atoms with E-state index in [1.807, 2.05) is 13.8 Å². The lowest BCUT2D eigenvalue weighted by Gasteiger charge is -2.08. The predicted molar refractivity (Wildman–Crippen MR) is 62.1 cm³/mol. The number of amides is 1. The molecule has 0 aromatic carbocycles. The Morgan fingerprint density at radius 1 is 1.56 bits per heavy atom. The van der Waals surface area contributed by atoms with E-state index in [0.717, 1.165) is 0 Å². The van der Waals surface area contributed by atoms with Crippen LogP contribution in [0.1, 0.15) is 24.3 Å². The maximum atomic E-state index is 11.6. The molecule has 1 heterocycles. The standard InChI is InChI=1S/C11H17N3O2/c1-8(2)16-7-6-13-11(15)9-4-3-5-10(12)14-9/h3-5,8H,6-7H2,1-2H3,(H2,12,14)(H,13,15). The van der Waals surface area contributed by atoms with Gasteiger partial charge in [-0.2, -0.15) is 0 Å². The highest BCUT2D eigenvalue weighted by Gasteiger charge is 2.06. The monoisotopic (exact) mass is 223 g/mol. The van der Waals surface area contributed by atoms with Crippen molar-refractivity contribution in [2.45, 2.75) is 20.0 Å². The fourth-order valence-electron chi connectivity index (χ4n) is 1.13. The Balaban J connectivity index is 2.35. The van der Waals surface area contributed by atoms with Gasteiger partial charge in [0.05, 0.1) is 12.7 Å². The summed E-state index contributed by atoms with van der Waals surface area (Å²) in [4.78, 5) is 15.5. The maximum Gasteiger partial charge on any atom is 0.270 e. The molecule has 0 unspecified atom stereocenters. The molecule has 3 N–H and O–H groups in total. The van der Waals surface area contributed by atoms with Gasteiger partial charge in [-0.25, -0.2) is 4.98 Å². The number of carbonyl (C=O) groups excluding carboxylic acids is 1. The minimum absolute atomic E-state index is 0.169. The first-order valence-electron chi connectivity index (χ1n) is 5.22. The van der Waals surface area contributed by atoms with Crippen LogP contribution in [0.15, 0.2) is 18.2 Å². The summed E-state index contributed by atoms with van der Waals surface area (Å²) in [5.74, 6) is 0.103. The third-order valence-electron chi connectivity index (χ3n) is 1.84. The van der Waals surface area contributed by atoms with Crippen molar-refractivity contribution in [3.8, 4) is 0 Å². The van der Waals surface area contributed by atoms with Crippen LogP contribution in [-0.2, 0) is 4.74 Å².